The maximum atomic E-state index is 3.51. The summed E-state index contributed by atoms with van der Waals surface area (Å²) in [6, 6.07) is 17.1. The van der Waals surface area contributed by atoms with E-state index in [9.17, 15) is 0 Å². The first-order chi connectivity index (χ1) is 9.19. The highest BCUT2D eigenvalue weighted by molar-refractivity contribution is 9.10. The SMILES string of the molecule is CNCc1ccc(N(C)Cc2cccc(Br)c2)cc1. The lowest BCUT2D eigenvalue weighted by atomic mass is 10.1. The summed E-state index contributed by atoms with van der Waals surface area (Å²) in [5.41, 5.74) is 3.85. The lowest BCUT2D eigenvalue weighted by Gasteiger charge is -2.20. The van der Waals surface area contributed by atoms with Gasteiger partial charge in [-0.05, 0) is 42.4 Å². The molecule has 0 bridgehead atoms. The quantitative estimate of drug-likeness (QED) is 0.902. The summed E-state index contributed by atoms with van der Waals surface area (Å²) in [5.74, 6) is 0. The molecule has 0 radical (unpaired) electrons. The molecule has 0 atom stereocenters. The van der Waals surface area contributed by atoms with E-state index in [2.05, 4.69) is 81.7 Å². The lowest BCUT2D eigenvalue weighted by molar-refractivity contribution is 0.817. The number of anilines is 1. The van der Waals surface area contributed by atoms with E-state index in [0.717, 1.165) is 17.6 Å². The molecule has 0 unspecified atom stereocenters. The highest BCUT2D eigenvalue weighted by atomic mass is 79.9. The van der Waals surface area contributed by atoms with Gasteiger partial charge in [0.1, 0.15) is 0 Å². The fraction of sp³-hybridized carbons (Fsp3) is 0.250. The van der Waals surface area contributed by atoms with Gasteiger partial charge in [0.25, 0.3) is 0 Å². The van der Waals surface area contributed by atoms with E-state index in [1.807, 2.05) is 7.05 Å². The molecule has 19 heavy (non-hydrogen) atoms. The van der Waals surface area contributed by atoms with Crippen LogP contribution < -0.4 is 10.2 Å². The maximum Gasteiger partial charge on any atom is 0.0426 e. The predicted molar refractivity (Wildman–Crippen MR) is 85.5 cm³/mol. The van der Waals surface area contributed by atoms with Crippen molar-refractivity contribution in [1.29, 1.82) is 0 Å². The summed E-state index contributed by atoms with van der Waals surface area (Å²) >= 11 is 3.51. The molecule has 0 aliphatic heterocycles. The van der Waals surface area contributed by atoms with E-state index in [4.69, 9.17) is 0 Å². The fourth-order valence-corrected chi connectivity index (χ4v) is 2.52. The Kier molecular flexibility index (Phi) is 5.00. The smallest absolute Gasteiger partial charge is 0.0426 e. The van der Waals surface area contributed by atoms with Crippen molar-refractivity contribution in [2.45, 2.75) is 13.1 Å². The largest absolute Gasteiger partial charge is 0.370 e. The molecular formula is C16H19BrN2. The summed E-state index contributed by atoms with van der Waals surface area (Å²) in [6.07, 6.45) is 0. The molecular weight excluding hydrogens is 300 g/mol. The number of nitrogens with zero attached hydrogens (tertiary/aromatic N) is 1. The zero-order chi connectivity index (χ0) is 13.7. The Bertz CT molecular complexity index is 523. The van der Waals surface area contributed by atoms with Crippen LogP contribution in [0.2, 0.25) is 0 Å². The van der Waals surface area contributed by atoms with Gasteiger partial charge in [0, 0.05) is 30.3 Å². The summed E-state index contributed by atoms with van der Waals surface area (Å²) < 4.78 is 1.13. The third-order valence-corrected chi connectivity index (χ3v) is 3.56. The second-order valence-corrected chi connectivity index (χ2v) is 5.60. The number of rotatable bonds is 5. The van der Waals surface area contributed by atoms with Gasteiger partial charge in [0.05, 0.1) is 0 Å². The molecule has 0 spiro atoms. The standard InChI is InChI=1S/C16H19BrN2/c1-18-11-13-6-8-16(9-7-13)19(2)12-14-4-3-5-15(17)10-14/h3-10,18H,11-12H2,1-2H3. The van der Waals surface area contributed by atoms with Crippen LogP contribution >= 0.6 is 15.9 Å². The Morgan fingerprint density at radius 3 is 2.42 bits per heavy atom. The molecule has 2 nitrogen and oxygen atoms in total. The van der Waals surface area contributed by atoms with Crippen LogP contribution in [0.25, 0.3) is 0 Å². The zero-order valence-electron chi connectivity index (χ0n) is 11.4. The van der Waals surface area contributed by atoms with E-state index in [1.165, 1.54) is 16.8 Å². The van der Waals surface area contributed by atoms with Gasteiger partial charge in [-0.2, -0.15) is 0 Å². The van der Waals surface area contributed by atoms with Gasteiger partial charge in [-0.1, -0.05) is 40.2 Å². The molecule has 0 aliphatic rings. The van der Waals surface area contributed by atoms with E-state index in [-0.39, 0.29) is 0 Å². The minimum Gasteiger partial charge on any atom is -0.370 e. The van der Waals surface area contributed by atoms with Crippen molar-refractivity contribution in [1.82, 2.24) is 5.32 Å². The van der Waals surface area contributed by atoms with Crippen LogP contribution in [-0.4, -0.2) is 14.1 Å². The second kappa shape index (κ2) is 6.73. The third-order valence-electron chi connectivity index (χ3n) is 3.07. The topological polar surface area (TPSA) is 15.3 Å². The van der Waals surface area contributed by atoms with Crippen LogP contribution in [0.15, 0.2) is 53.0 Å². The van der Waals surface area contributed by atoms with Crippen molar-refractivity contribution in [2.24, 2.45) is 0 Å². The molecule has 0 saturated heterocycles. The van der Waals surface area contributed by atoms with Gasteiger partial charge in [-0.25, -0.2) is 0 Å². The molecule has 3 heteroatoms. The minimum atomic E-state index is 0.908. The van der Waals surface area contributed by atoms with Crippen molar-refractivity contribution >= 4 is 21.6 Å². The molecule has 0 aromatic heterocycles. The van der Waals surface area contributed by atoms with Crippen LogP contribution in [0.4, 0.5) is 5.69 Å². The summed E-state index contributed by atoms with van der Waals surface area (Å²) in [6.45, 7) is 1.82. The van der Waals surface area contributed by atoms with Crippen molar-refractivity contribution in [3.63, 3.8) is 0 Å². The fourth-order valence-electron chi connectivity index (χ4n) is 2.07. The Morgan fingerprint density at radius 2 is 1.79 bits per heavy atom. The summed E-state index contributed by atoms with van der Waals surface area (Å²) in [4.78, 5) is 2.25. The molecule has 0 heterocycles. The average molecular weight is 319 g/mol. The first-order valence-corrected chi connectivity index (χ1v) is 7.17. The van der Waals surface area contributed by atoms with E-state index >= 15 is 0 Å². The minimum absolute atomic E-state index is 0.908. The molecule has 0 saturated carbocycles. The van der Waals surface area contributed by atoms with E-state index in [0.29, 0.717) is 0 Å². The van der Waals surface area contributed by atoms with Crippen LogP contribution in [0.3, 0.4) is 0 Å². The first kappa shape index (κ1) is 14.1. The van der Waals surface area contributed by atoms with Gasteiger partial charge >= 0.3 is 0 Å². The highest BCUT2D eigenvalue weighted by Gasteiger charge is 2.02. The Hall–Kier alpha value is -1.32. The first-order valence-electron chi connectivity index (χ1n) is 6.38. The van der Waals surface area contributed by atoms with Gasteiger partial charge in [0.15, 0.2) is 0 Å². The number of nitrogens with one attached hydrogen (secondary N) is 1. The molecule has 1 N–H and O–H groups in total. The van der Waals surface area contributed by atoms with Crippen LogP contribution in [0, 0.1) is 0 Å². The van der Waals surface area contributed by atoms with E-state index in [1.54, 1.807) is 0 Å². The van der Waals surface area contributed by atoms with Gasteiger partial charge in [-0.15, -0.1) is 0 Å². The Morgan fingerprint density at radius 1 is 1.05 bits per heavy atom. The Balaban J connectivity index is 2.05. The second-order valence-electron chi connectivity index (χ2n) is 4.68. The molecule has 2 aromatic carbocycles. The van der Waals surface area contributed by atoms with Gasteiger partial charge in [0.2, 0.25) is 0 Å². The van der Waals surface area contributed by atoms with Crippen molar-refractivity contribution in [3.8, 4) is 0 Å². The number of hydrogen-bond acceptors (Lipinski definition) is 2. The third kappa shape index (κ3) is 4.08. The number of benzene rings is 2. The zero-order valence-corrected chi connectivity index (χ0v) is 12.9. The van der Waals surface area contributed by atoms with Gasteiger partial charge < -0.3 is 10.2 Å². The number of hydrogen-bond donors (Lipinski definition) is 1. The lowest BCUT2D eigenvalue weighted by Crippen LogP contribution is -2.16. The average Bonchev–Trinajstić information content (AvgIpc) is 2.40. The molecule has 0 amide bonds. The molecule has 100 valence electrons. The number of halogens is 1. The molecule has 2 rings (SSSR count). The Labute approximate surface area is 123 Å². The monoisotopic (exact) mass is 318 g/mol. The molecule has 0 aliphatic carbocycles. The predicted octanol–water partition coefficient (Wildman–Crippen LogP) is 3.80. The molecule has 2 aromatic rings. The summed E-state index contributed by atoms with van der Waals surface area (Å²) in [7, 11) is 4.08. The highest BCUT2D eigenvalue weighted by Crippen LogP contribution is 2.18. The van der Waals surface area contributed by atoms with Crippen molar-refractivity contribution in [2.75, 3.05) is 19.0 Å². The van der Waals surface area contributed by atoms with Crippen molar-refractivity contribution < 1.29 is 0 Å². The van der Waals surface area contributed by atoms with Crippen LogP contribution in [0.1, 0.15) is 11.1 Å². The summed E-state index contributed by atoms with van der Waals surface area (Å²) in [5, 5.41) is 3.16. The van der Waals surface area contributed by atoms with Crippen LogP contribution in [-0.2, 0) is 13.1 Å². The van der Waals surface area contributed by atoms with Crippen LogP contribution in [0.5, 0.6) is 0 Å². The maximum absolute atomic E-state index is 3.51. The normalized spacial score (nSPS) is 10.5. The molecule has 0 fully saturated rings. The van der Waals surface area contributed by atoms with E-state index < -0.39 is 0 Å². The van der Waals surface area contributed by atoms with Gasteiger partial charge in [-0.3, -0.25) is 0 Å². The van der Waals surface area contributed by atoms with Crippen molar-refractivity contribution in [3.05, 3.63) is 64.1 Å².